The zero-order valence-corrected chi connectivity index (χ0v) is 25.6. The van der Waals surface area contributed by atoms with Crippen LogP contribution in [0.3, 0.4) is 0 Å². The molecule has 1 fully saturated rings. The van der Waals surface area contributed by atoms with Gasteiger partial charge in [0.1, 0.15) is 5.76 Å². The summed E-state index contributed by atoms with van der Waals surface area (Å²) in [5.41, 5.74) is 3.36. The Kier molecular flexibility index (Phi) is 8.47. The quantitative estimate of drug-likeness (QED) is 0.0739. The number of benzene rings is 3. The number of rotatable bonds is 6. The Morgan fingerprint density at radius 2 is 1.73 bits per heavy atom. The van der Waals surface area contributed by atoms with E-state index >= 15 is 0 Å². The first-order chi connectivity index (χ1) is 19.0. The van der Waals surface area contributed by atoms with Crippen LogP contribution in [0.1, 0.15) is 33.9 Å². The van der Waals surface area contributed by atoms with Gasteiger partial charge in [-0.3, -0.25) is 14.5 Å². The molecule has 1 saturated heterocycles. The molecule has 1 aliphatic heterocycles. The molecule has 3 aromatic carbocycles. The van der Waals surface area contributed by atoms with Gasteiger partial charge in [-0.15, -0.1) is 10.2 Å². The van der Waals surface area contributed by atoms with E-state index in [9.17, 15) is 14.7 Å². The minimum atomic E-state index is -1.01. The van der Waals surface area contributed by atoms with Gasteiger partial charge in [0, 0.05) is 21.4 Å². The minimum Gasteiger partial charge on any atom is -0.507 e. The average molecular weight is 651 g/mol. The first-order valence-corrected chi connectivity index (χ1v) is 15.1. The van der Waals surface area contributed by atoms with E-state index in [1.165, 1.54) is 16.7 Å². The van der Waals surface area contributed by atoms with Gasteiger partial charge < -0.3 is 5.11 Å². The van der Waals surface area contributed by atoms with E-state index in [1.807, 2.05) is 32.0 Å². The Hall–Kier alpha value is -2.59. The maximum absolute atomic E-state index is 13.5. The molecule has 40 heavy (non-hydrogen) atoms. The summed E-state index contributed by atoms with van der Waals surface area (Å²) in [6.45, 7) is 3.70. The second-order valence-corrected chi connectivity index (χ2v) is 12.9. The number of aliphatic hydroxyl groups excluding tert-OH is 1. The topological polar surface area (TPSA) is 83.4 Å². The van der Waals surface area contributed by atoms with Gasteiger partial charge in [0.05, 0.1) is 21.7 Å². The molecular weight excluding hydrogens is 632 g/mol. The number of Topliss-reactive ketones (excluding diaryl/α,β-unsaturated/α-hetero) is 1. The summed E-state index contributed by atoms with van der Waals surface area (Å²) in [4.78, 5) is 28.2. The Morgan fingerprint density at radius 1 is 0.950 bits per heavy atom. The van der Waals surface area contributed by atoms with Crippen LogP contribution in [0.5, 0.6) is 0 Å². The number of amides is 1. The fraction of sp³-hybridized carbons (Fsp3) is 0.143. The Balaban J connectivity index is 1.57. The first kappa shape index (κ1) is 28.9. The molecule has 1 aliphatic rings. The van der Waals surface area contributed by atoms with Crippen molar-refractivity contribution in [2.45, 2.75) is 30.0 Å². The van der Waals surface area contributed by atoms with Crippen molar-refractivity contribution in [3.63, 3.8) is 0 Å². The standard InChI is InChI=1S/C28H19Cl4N3O3S2/c1-13-3-4-14(2)18(9-13)24(36)22-23(15-6-8-19(30)21(32)10-15)35(26(38)25(22)37)27-33-34-28(40-27)39-12-16-5-7-17(29)11-20(16)31/h3-11,23,36H,12H2,1-2H3/b24-22+. The summed E-state index contributed by atoms with van der Waals surface area (Å²) in [6, 6.07) is 14.6. The lowest BCUT2D eigenvalue weighted by Crippen LogP contribution is -2.29. The lowest BCUT2D eigenvalue weighted by atomic mass is 9.93. The lowest BCUT2D eigenvalue weighted by Gasteiger charge is -2.23. The van der Waals surface area contributed by atoms with Gasteiger partial charge in [0.15, 0.2) is 4.34 Å². The number of hydrogen-bond donors (Lipinski definition) is 1. The van der Waals surface area contributed by atoms with Gasteiger partial charge in [-0.1, -0.05) is 99.3 Å². The van der Waals surface area contributed by atoms with E-state index < -0.39 is 17.7 Å². The van der Waals surface area contributed by atoms with Crippen LogP contribution in [0.25, 0.3) is 5.76 Å². The first-order valence-electron chi connectivity index (χ1n) is 11.8. The fourth-order valence-corrected chi connectivity index (χ4v) is 7.03. The van der Waals surface area contributed by atoms with Crippen molar-refractivity contribution in [1.29, 1.82) is 0 Å². The molecule has 0 radical (unpaired) electrons. The van der Waals surface area contributed by atoms with Crippen molar-refractivity contribution in [3.8, 4) is 0 Å². The maximum Gasteiger partial charge on any atom is 0.301 e. The third-order valence-corrected chi connectivity index (χ3v) is 9.75. The summed E-state index contributed by atoms with van der Waals surface area (Å²) >= 11 is 27.3. The Morgan fingerprint density at radius 3 is 2.45 bits per heavy atom. The Labute approximate surface area is 258 Å². The van der Waals surface area contributed by atoms with Crippen LogP contribution in [0.2, 0.25) is 20.1 Å². The zero-order valence-electron chi connectivity index (χ0n) is 20.9. The van der Waals surface area contributed by atoms with E-state index in [2.05, 4.69) is 10.2 Å². The summed E-state index contributed by atoms with van der Waals surface area (Å²) in [5.74, 6) is -1.47. The van der Waals surface area contributed by atoms with Gasteiger partial charge in [0.2, 0.25) is 5.13 Å². The van der Waals surface area contributed by atoms with Crippen molar-refractivity contribution in [3.05, 3.63) is 108 Å². The van der Waals surface area contributed by atoms with Gasteiger partial charge in [0.25, 0.3) is 5.78 Å². The number of aliphatic hydroxyl groups is 1. The normalized spacial score (nSPS) is 16.6. The fourth-order valence-electron chi connectivity index (χ4n) is 4.30. The molecule has 6 nitrogen and oxygen atoms in total. The van der Waals surface area contributed by atoms with Gasteiger partial charge in [-0.05, 0) is 60.9 Å². The zero-order chi connectivity index (χ0) is 28.7. The average Bonchev–Trinajstić information content (AvgIpc) is 3.48. The molecule has 0 aliphatic carbocycles. The van der Waals surface area contributed by atoms with Gasteiger partial charge in [-0.2, -0.15) is 0 Å². The molecule has 0 saturated carbocycles. The highest BCUT2D eigenvalue weighted by atomic mass is 35.5. The predicted molar refractivity (Wildman–Crippen MR) is 163 cm³/mol. The van der Waals surface area contributed by atoms with Crippen LogP contribution in [-0.2, 0) is 15.3 Å². The number of carbonyl (C=O) groups excluding carboxylic acids is 2. The number of hydrogen-bond acceptors (Lipinski definition) is 7. The van der Waals surface area contributed by atoms with Crippen molar-refractivity contribution in [2.75, 3.05) is 4.90 Å². The molecule has 0 spiro atoms. The smallest absolute Gasteiger partial charge is 0.301 e. The molecule has 12 heteroatoms. The van der Waals surface area contributed by atoms with E-state index in [0.29, 0.717) is 36.3 Å². The summed E-state index contributed by atoms with van der Waals surface area (Å²) < 4.78 is 0.560. The third kappa shape index (κ3) is 5.62. The monoisotopic (exact) mass is 649 g/mol. The molecule has 2 heterocycles. The predicted octanol–water partition coefficient (Wildman–Crippen LogP) is 8.69. The van der Waals surface area contributed by atoms with Crippen LogP contribution in [0, 0.1) is 13.8 Å². The summed E-state index contributed by atoms with van der Waals surface area (Å²) in [6.07, 6.45) is 0. The van der Waals surface area contributed by atoms with Crippen LogP contribution >= 0.6 is 69.5 Å². The van der Waals surface area contributed by atoms with Crippen molar-refractivity contribution < 1.29 is 14.7 Å². The molecule has 1 unspecified atom stereocenters. The highest BCUT2D eigenvalue weighted by Gasteiger charge is 2.48. The third-order valence-electron chi connectivity index (χ3n) is 6.32. The molecule has 4 aromatic rings. The number of ketones is 1. The lowest BCUT2D eigenvalue weighted by molar-refractivity contribution is -0.132. The van der Waals surface area contributed by atoms with Crippen molar-refractivity contribution in [1.82, 2.24) is 10.2 Å². The maximum atomic E-state index is 13.5. The van der Waals surface area contributed by atoms with Crippen LogP contribution in [0.15, 0.2) is 64.5 Å². The van der Waals surface area contributed by atoms with Crippen LogP contribution in [0.4, 0.5) is 5.13 Å². The van der Waals surface area contributed by atoms with Gasteiger partial charge >= 0.3 is 5.91 Å². The Bertz CT molecular complexity index is 1710. The molecule has 1 atom stereocenters. The molecule has 204 valence electrons. The van der Waals surface area contributed by atoms with Gasteiger partial charge in [-0.25, -0.2) is 0 Å². The molecule has 1 amide bonds. The largest absolute Gasteiger partial charge is 0.507 e. The number of carbonyl (C=O) groups is 2. The SMILES string of the molecule is Cc1ccc(C)c(/C(O)=C2\C(=O)C(=O)N(c3nnc(SCc4ccc(Cl)cc4Cl)s3)C2c2ccc(Cl)c(Cl)c2)c1. The molecule has 0 bridgehead atoms. The van der Waals surface area contributed by atoms with E-state index in [-0.39, 0.29) is 21.5 Å². The van der Waals surface area contributed by atoms with Crippen LogP contribution in [-0.4, -0.2) is 27.0 Å². The second-order valence-electron chi connectivity index (χ2n) is 9.04. The molecule has 1 N–H and O–H groups in total. The molecule has 1 aromatic heterocycles. The number of halogens is 4. The van der Waals surface area contributed by atoms with E-state index in [4.69, 9.17) is 46.4 Å². The highest BCUT2D eigenvalue weighted by Crippen LogP contribution is 2.45. The number of aryl methyl sites for hydroxylation is 2. The van der Waals surface area contributed by atoms with E-state index in [1.54, 1.807) is 36.4 Å². The summed E-state index contributed by atoms with van der Waals surface area (Å²) in [7, 11) is 0. The second kappa shape index (κ2) is 11.7. The summed E-state index contributed by atoms with van der Waals surface area (Å²) in [5, 5.41) is 21.7. The van der Waals surface area contributed by atoms with Crippen molar-refractivity contribution in [2.24, 2.45) is 0 Å². The number of nitrogens with zero attached hydrogens (tertiary/aromatic N) is 3. The highest BCUT2D eigenvalue weighted by molar-refractivity contribution is 8.00. The molecule has 5 rings (SSSR count). The minimum absolute atomic E-state index is 0.0746. The number of anilines is 1. The molecular formula is C28H19Cl4N3O3S2. The number of thioether (sulfide) groups is 1. The van der Waals surface area contributed by atoms with Crippen molar-refractivity contribution >= 4 is 92.1 Å². The number of aromatic nitrogens is 2. The van der Waals surface area contributed by atoms with Crippen LogP contribution < -0.4 is 4.90 Å². The van der Waals surface area contributed by atoms with E-state index in [0.717, 1.165) is 28.0 Å².